The van der Waals surface area contributed by atoms with E-state index >= 15 is 0 Å². The van der Waals surface area contributed by atoms with Crippen molar-refractivity contribution in [3.05, 3.63) is 11.7 Å². The number of hydrogen-bond acceptors (Lipinski definition) is 5. The second-order valence-corrected chi connectivity index (χ2v) is 4.45. The van der Waals surface area contributed by atoms with Gasteiger partial charge in [0.1, 0.15) is 0 Å². The van der Waals surface area contributed by atoms with Crippen LogP contribution in [0, 0.1) is 5.92 Å². The molecule has 0 spiro atoms. The van der Waals surface area contributed by atoms with E-state index in [2.05, 4.69) is 29.3 Å². The normalized spacial score (nSPS) is 23.6. The van der Waals surface area contributed by atoms with E-state index in [1.165, 1.54) is 0 Å². The first kappa shape index (κ1) is 10.6. The molecule has 1 unspecified atom stereocenters. The predicted octanol–water partition coefficient (Wildman–Crippen LogP) is 0.802. The summed E-state index contributed by atoms with van der Waals surface area (Å²) in [5.74, 6) is 2.06. The molecule has 2 rings (SSSR count). The molecule has 2 heterocycles. The molecule has 0 bridgehead atoms. The third-order valence-corrected chi connectivity index (χ3v) is 2.88. The summed E-state index contributed by atoms with van der Waals surface area (Å²) in [5, 5.41) is 7.22. The summed E-state index contributed by atoms with van der Waals surface area (Å²) in [4.78, 5) is 4.37. The predicted molar refractivity (Wildman–Crippen MR) is 56.3 cm³/mol. The molecule has 1 saturated heterocycles. The van der Waals surface area contributed by atoms with Crippen LogP contribution in [0.3, 0.4) is 0 Å². The monoisotopic (exact) mass is 210 g/mol. The lowest BCUT2D eigenvalue weighted by molar-refractivity contribution is 0.347. The molecule has 5 heteroatoms. The van der Waals surface area contributed by atoms with Gasteiger partial charge in [0.05, 0.1) is 12.0 Å². The van der Waals surface area contributed by atoms with Gasteiger partial charge in [0.15, 0.2) is 5.82 Å². The van der Waals surface area contributed by atoms with Crippen LogP contribution in [-0.2, 0) is 0 Å². The Hall–Kier alpha value is -0.940. The SMILES string of the molecule is CC(C)[C@@H](N)c1noc(C2CCNC2)n1. The summed E-state index contributed by atoms with van der Waals surface area (Å²) in [7, 11) is 0. The van der Waals surface area contributed by atoms with E-state index in [4.69, 9.17) is 10.3 Å². The van der Waals surface area contributed by atoms with Crippen molar-refractivity contribution >= 4 is 0 Å². The highest BCUT2D eigenvalue weighted by atomic mass is 16.5. The Morgan fingerprint density at radius 1 is 1.53 bits per heavy atom. The number of rotatable bonds is 3. The Balaban J connectivity index is 2.09. The minimum Gasteiger partial charge on any atom is -0.339 e. The molecule has 1 aromatic rings. The van der Waals surface area contributed by atoms with Crippen LogP contribution in [0.2, 0.25) is 0 Å². The average Bonchev–Trinajstić information content (AvgIpc) is 2.86. The molecule has 5 nitrogen and oxygen atoms in total. The minimum absolute atomic E-state index is 0.128. The summed E-state index contributed by atoms with van der Waals surface area (Å²) in [6.07, 6.45) is 1.07. The smallest absolute Gasteiger partial charge is 0.231 e. The highest BCUT2D eigenvalue weighted by Crippen LogP contribution is 2.23. The van der Waals surface area contributed by atoms with Gasteiger partial charge in [-0.25, -0.2) is 0 Å². The van der Waals surface area contributed by atoms with Crippen LogP contribution < -0.4 is 11.1 Å². The summed E-state index contributed by atoms with van der Waals surface area (Å²) < 4.78 is 5.24. The van der Waals surface area contributed by atoms with E-state index in [-0.39, 0.29) is 6.04 Å². The van der Waals surface area contributed by atoms with Crippen LogP contribution >= 0.6 is 0 Å². The number of aromatic nitrogens is 2. The molecule has 84 valence electrons. The van der Waals surface area contributed by atoms with Crippen LogP contribution in [0.25, 0.3) is 0 Å². The average molecular weight is 210 g/mol. The molecule has 1 aromatic heterocycles. The van der Waals surface area contributed by atoms with E-state index in [0.717, 1.165) is 25.4 Å². The number of nitrogens with two attached hydrogens (primary N) is 1. The van der Waals surface area contributed by atoms with Gasteiger partial charge in [0.25, 0.3) is 0 Å². The minimum atomic E-state index is -0.128. The van der Waals surface area contributed by atoms with Gasteiger partial charge in [-0.1, -0.05) is 19.0 Å². The standard InChI is InChI=1S/C10H18N4O/c1-6(2)8(11)9-13-10(15-14-9)7-3-4-12-5-7/h6-8,12H,3-5,11H2,1-2H3/t7?,8-/m1/s1. The van der Waals surface area contributed by atoms with Gasteiger partial charge in [-0.3, -0.25) is 0 Å². The molecule has 0 aromatic carbocycles. The van der Waals surface area contributed by atoms with Crippen LogP contribution in [0.15, 0.2) is 4.52 Å². The quantitative estimate of drug-likeness (QED) is 0.771. The van der Waals surface area contributed by atoms with Crippen molar-refractivity contribution in [2.75, 3.05) is 13.1 Å². The topological polar surface area (TPSA) is 77.0 Å². The van der Waals surface area contributed by atoms with Gasteiger partial charge < -0.3 is 15.6 Å². The zero-order valence-corrected chi connectivity index (χ0v) is 9.23. The van der Waals surface area contributed by atoms with Crippen molar-refractivity contribution in [3.8, 4) is 0 Å². The Morgan fingerprint density at radius 3 is 2.93 bits per heavy atom. The van der Waals surface area contributed by atoms with Crippen LogP contribution in [0.1, 0.15) is 43.9 Å². The van der Waals surface area contributed by atoms with Crippen molar-refractivity contribution in [1.82, 2.24) is 15.5 Å². The summed E-state index contributed by atoms with van der Waals surface area (Å²) in [6.45, 7) is 6.06. The fourth-order valence-corrected chi connectivity index (χ4v) is 1.71. The Bertz CT molecular complexity index is 300. The van der Waals surface area contributed by atoms with Gasteiger partial charge in [0, 0.05) is 6.54 Å². The third kappa shape index (κ3) is 2.18. The zero-order valence-electron chi connectivity index (χ0n) is 9.23. The first-order valence-corrected chi connectivity index (χ1v) is 5.48. The molecular weight excluding hydrogens is 192 g/mol. The van der Waals surface area contributed by atoms with Crippen molar-refractivity contribution in [1.29, 1.82) is 0 Å². The highest BCUT2D eigenvalue weighted by molar-refractivity contribution is 5.01. The molecule has 0 aliphatic carbocycles. The van der Waals surface area contributed by atoms with E-state index in [9.17, 15) is 0 Å². The van der Waals surface area contributed by atoms with Crippen molar-refractivity contribution in [2.24, 2.45) is 11.7 Å². The van der Waals surface area contributed by atoms with Gasteiger partial charge in [-0.2, -0.15) is 4.98 Å². The fraction of sp³-hybridized carbons (Fsp3) is 0.800. The molecule has 0 amide bonds. The van der Waals surface area contributed by atoms with Gasteiger partial charge in [-0.15, -0.1) is 0 Å². The van der Waals surface area contributed by atoms with Gasteiger partial charge in [0.2, 0.25) is 5.89 Å². The zero-order chi connectivity index (χ0) is 10.8. The summed E-state index contributed by atoms with van der Waals surface area (Å²) >= 11 is 0. The van der Waals surface area contributed by atoms with Crippen LogP contribution in [0.5, 0.6) is 0 Å². The van der Waals surface area contributed by atoms with E-state index in [1.807, 2.05) is 0 Å². The lowest BCUT2D eigenvalue weighted by Crippen LogP contribution is -2.18. The number of hydrogen-bond donors (Lipinski definition) is 2. The third-order valence-electron chi connectivity index (χ3n) is 2.88. The Morgan fingerprint density at radius 2 is 2.33 bits per heavy atom. The lowest BCUT2D eigenvalue weighted by Gasteiger charge is -2.09. The second-order valence-electron chi connectivity index (χ2n) is 4.45. The van der Waals surface area contributed by atoms with E-state index < -0.39 is 0 Å². The molecule has 0 radical (unpaired) electrons. The van der Waals surface area contributed by atoms with Crippen molar-refractivity contribution < 1.29 is 4.52 Å². The molecule has 15 heavy (non-hydrogen) atoms. The molecule has 1 aliphatic heterocycles. The molecule has 0 saturated carbocycles. The maximum atomic E-state index is 5.95. The molecule has 3 N–H and O–H groups in total. The Labute approximate surface area is 89.4 Å². The van der Waals surface area contributed by atoms with Gasteiger partial charge in [-0.05, 0) is 18.9 Å². The lowest BCUT2D eigenvalue weighted by atomic mass is 10.1. The van der Waals surface area contributed by atoms with E-state index in [1.54, 1.807) is 0 Å². The van der Waals surface area contributed by atoms with Gasteiger partial charge >= 0.3 is 0 Å². The number of nitrogens with zero attached hydrogens (tertiary/aromatic N) is 2. The molecule has 1 fully saturated rings. The summed E-state index contributed by atoms with van der Waals surface area (Å²) in [6, 6.07) is -0.128. The largest absolute Gasteiger partial charge is 0.339 e. The molecule has 1 aliphatic rings. The maximum Gasteiger partial charge on any atom is 0.231 e. The first-order valence-electron chi connectivity index (χ1n) is 5.48. The maximum absolute atomic E-state index is 5.95. The van der Waals surface area contributed by atoms with Crippen molar-refractivity contribution in [3.63, 3.8) is 0 Å². The van der Waals surface area contributed by atoms with Crippen LogP contribution in [-0.4, -0.2) is 23.2 Å². The first-order chi connectivity index (χ1) is 7.18. The highest BCUT2D eigenvalue weighted by Gasteiger charge is 2.24. The van der Waals surface area contributed by atoms with Crippen LogP contribution in [0.4, 0.5) is 0 Å². The summed E-state index contributed by atoms with van der Waals surface area (Å²) in [5.41, 5.74) is 5.95. The second kappa shape index (κ2) is 4.28. The Kier molecular flexibility index (Phi) is 3.02. The molecular formula is C10H18N4O. The fourth-order valence-electron chi connectivity index (χ4n) is 1.71. The molecule has 2 atom stereocenters. The van der Waals surface area contributed by atoms with Crippen molar-refractivity contribution in [2.45, 2.75) is 32.2 Å². The number of nitrogens with one attached hydrogen (secondary N) is 1. The van der Waals surface area contributed by atoms with E-state index in [0.29, 0.717) is 17.7 Å².